The van der Waals surface area contributed by atoms with Gasteiger partial charge in [0.1, 0.15) is 11.6 Å². The molecule has 1 atom stereocenters. The average molecular weight is 483 g/mol. The van der Waals surface area contributed by atoms with Gasteiger partial charge in [-0.2, -0.15) is 0 Å². The summed E-state index contributed by atoms with van der Waals surface area (Å²) in [5, 5.41) is 2.69. The molecule has 1 saturated heterocycles. The smallest absolute Gasteiger partial charge is 0.328 e. The highest BCUT2D eigenvalue weighted by Crippen LogP contribution is 2.34. The fourth-order valence-corrected chi connectivity index (χ4v) is 5.68. The van der Waals surface area contributed by atoms with Crippen LogP contribution in [0, 0.1) is 11.6 Å². The SMILES string of the molecule is O=C(c1ccc(F)cc1F)N1CCc2cc(S(=O)(=O)N3CC(c4ccccc4)NC3=O)ccc21. The van der Waals surface area contributed by atoms with E-state index in [2.05, 4.69) is 5.32 Å². The number of nitrogens with one attached hydrogen (secondary N) is 1. The van der Waals surface area contributed by atoms with E-state index in [0.29, 0.717) is 23.7 Å². The summed E-state index contributed by atoms with van der Waals surface area (Å²) < 4.78 is 54.6. The second-order valence-corrected chi connectivity index (χ2v) is 9.93. The van der Waals surface area contributed by atoms with Gasteiger partial charge < -0.3 is 10.2 Å². The van der Waals surface area contributed by atoms with E-state index >= 15 is 0 Å². The maximum atomic E-state index is 14.1. The minimum atomic E-state index is -4.14. The van der Waals surface area contributed by atoms with Crippen molar-refractivity contribution in [1.82, 2.24) is 9.62 Å². The van der Waals surface area contributed by atoms with Crippen LogP contribution in [0.1, 0.15) is 27.5 Å². The number of benzene rings is 3. The summed E-state index contributed by atoms with van der Waals surface area (Å²) in [4.78, 5) is 26.6. The summed E-state index contributed by atoms with van der Waals surface area (Å²) in [6, 6.07) is 14.9. The number of anilines is 1. The molecule has 0 saturated carbocycles. The van der Waals surface area contributed by atoms with Gasteiger partial charge in [-0.1, -0.05) is 30.3 Å². The molecule has 1 unspecified atom stereocenters. The molecular formula is C24H19F2N3O4S. The van der Waals surface area contributed by atoms with Gasteiger partial charge in [0.2, 0.25) is 0 Å². The summed E-state index contributed by atoms with van der Waals surface area (Å²) in [6.45, 7) is 0.172. The molecule has 3 aromatic rings. The van der Waals surface area contributed by atoms with Gasteiger partial charge in [0, 0.05) is 18.3 Å². The molecule has 1 fully saturated rings. The van der Waals surface area contributed by atoms with Crippen LogP contribution in [0.3, 0.4) is 0 Å². The highest BCUT2D eigenvalue weighted by atomic mass is 32.2. The number of amides is 3. The van der Waals surface area contributed by atoms with E-state index in [-0.39, 0.29) is 23.5 Å². The largest absolute Gasteiger partial charge is 0.331 e. The van der Waals surface area contributed by atoms with Crippen molar-refractivity contribution in [3.8, 4) is 0 Å². The number of fused-ring (bicyclic) bond motifs is 1. The Balaban J connectivity index is 1.40. The van der Waals surface area contributed by atoms with E-state index in [0.717, 1.165) is 22.0 Å². The maximum Gasteiger partial charge on any atom is 0.331 e. The van der Waals surface area contributed by atoms with Gasteiger partial charge in [0.05, 0.1) is 23.0 Å². The average Bonchev–Trinajstić information content (AvgIpc) is 3.43. The number of sulfonamides is 1. The minimum absolute atomic E-state index is 0.0449. The third-order valence-electron chi connectivity index (χ3n) is 6.02. The number of halogens is 2. The highest BCUT2D eigenvalue weighted by molar-refractivity contribution is 7.89. The first-order valence-corrected chi connectivity index (χ1v) is 12.0. The maximum absolute atomic E-state index is 14.1. The second-order valence-electron chi connectivity index (χ2n) is 8.07. The minimum Gasteiger partial charge on any atom is -0.328 e. The molecule has 5 rings (SSSR count). The predicted molar refractivity (Wildman–Crippen MR) is 120 cm³/mol. The fourth-order valence-electron chi connectivity index (χ4n) is 4.28. The number of nitrogens with zero attached hydrogens (tertiary/aromatic N) is 2. The first kappa shape index (κ1) is 22.0. The molecule has 2 aliphatic rings. The van der Waals surface area contributed by atoms with Crippen molar-refractivity contribution in [1.29, 1.82) is 0 Å². The van der Waals surface area contributed by atoms with E-state index < -0.39 is 39.6 Å². The molecule has 2 heterocycles. The van der Waals surface area contributed by atoms with Gasteiger partial charge in [-0.15, -0.1) is 0 Å². The third kappa shape index (κ3) is 3.69. The van der Waals surface area contributed by atoms with Crippen LogP contribution >= 0.6 is 0 Å². The molecular weight excluding hydrogens is 464 g/mol. The number of carbonyl (C=O) groups is 2. The van der Waals surface area contributed by atoms with Crippen LogP contribution in [0.2, 0.25) is 0 Å². The topological polar surface area (TPSA) is 86.8 Å². The molecule has 2 aliphatic heterocycles. The Kier molecular flexibility index (Phi) is 5.32. The lowest BCUT2D eigenvalue weighted by Crippen LogP contribution is -2.34. The van der Waals surface area contributed by atoms with Crippen LogP contribution in [-0.4, -0.2) is 37.8 Å². The lowest BCUT2D eigenvalue weighted by atomic mass is 10.1. The summed E-state index contributed by atoms with van der Waals surface area (Å²) in [5.74, 6) is -2.40. The summed E-state index contributed by atoms with van der Waals surface area (Å²) in [7, 11) is -4.14. The lowest BCUT2D eigenvalue weighted by Gasteiger charge is -2.19. The summed E-state index contributed by atoms with van der Waals surface area (Å²) in [6.07, 6.45) is 0.353. The van der Waals surface area contributed by atoms with E-state index in [1.165, 1.54) is 23.1 Å². The zero-order chi connectivity index (χ0) is 24.0. The molecule has 10 heteroatoms. The molecule has 0 radical (unpaired) electrons. The van der Waals surface area contributed by atoms with E-state index in [9.17, 15) is 26.8 Å². The Bertz CT molecular complexity index is 1410. The van der Waals surface area contributed by atoms with Gasteiger partial charge >= 0.3 is 6.03 Å². The highest BCUT2D eigenvalue weighted by Gasteiger charge is 2.39. The Morgan fingerprint density at radius 2 is 1.76 bits per heavy atom. The van der Waals surface area contributed by atoms with Crippen molar-refractivity contribution in [2.24, 2.45) is 0 Å². The normalized spacial score (nSPS) is 17.6. The molecule has 3 aromatic carbocycles. The number of hydrogen-bond acceptors (Lipinski definition) is 4. The van der Waals surface area contributed by atoms with E-state index in [1.54, 1.807) is 0 Å². The Labute approximate surface area is 194 Å². The van der Waals surface area contributed by atoms with Crippen LogP contribution < -0.4 is 10.2 Å². The molecule has 0 spiro atoms. The van der Waals surface area contributed by atoms with Gasteiger partial charge in [-0.05, 0) is 47.9 Å². The summed E-state index contributed by atoms with van der Waals surface area (Å²) >= 11 is 0. The van der Waals surface area contributed by atoms with Crippen molar-refractivity contribution < 1.29 is 26.8 Å². The van der Waals surface area contributed by atoms with Crippen molar-refractivity contribution in [3.63, 3.8) is 0 Å². The zero-order valence-corrected chi connectivity index (χ0v) is 18.6. The van der Waals surface area contributed by atoms with Gasteiger partial charge in [0.25, 0.3) is 15.9 Å². The molecule has 3 amide bonds. The van der Waals surface area contributed by atoms with Crippen molar-refractivity contribution in [3.05, 3.63) is 95.1 Å². The first-order chi connectivity index (χ1) is 16.3. The molecule has 7 nitrogen and oxygen atoms in total. The molecule has 34 heavy (non-hydrogen) atoms. The molecule has 1 N–H and O–H groups in total. The monoisotopic (exact) mass is 483 g/mol. The molecule has 0 bridgehead atoms. The van der Waals surface area contributed by atoms with Crippen LogP contribution in [-0.2, 0) is 16.4 Å². The quantitative estimate of drug-likeness (QED) is 0.614. The molecule has 0 aromatic heterocycles. The van der Waals surface area contributed by atoms with Crippen molar-refractivity contribution >= 4 is 27.6 Å². The number of carbonyl (C=O) groups excluding carboxylic acids is 2. The predicted octanol–water partition coefficient (Wildman–Crippen LogP) is 3.62. The van der Waals surface area contributed by atoms with Crippen molar-refractivity contribution in [2.75, 3.05) is 18.0 Å². The van der Waals surface area contributed by atoms with Gasteiger partial charge in [-0.3, -0.25) is 4.79 Å². The molecule has 0 aliphatic carbocycles. The fraction of sp³-hybridized carbons (Fsp3) is 0.167. The second kappa shape index (κ2) is 8.21. The van der Waals surface area contributed by atoms with E-state index in [1.807, 2.05) is 30.3 Å². The summed E-state index contributed by atoms with van der Waals surface area (Å²) in [5.41, 5.74) is 1.55. The first-order valence-electron chi connectivity index (χ1n) is 10.5. The number of hydrogen-bond donors (Lipinski definition) is 1. The van der Waals surface area contributed by atoms with Crippen LogP contribution in [0.15, 0.2) is 71.6 Å². The van der Waals surface area contributed by atoms with Crippen molar-refractivity contribution in [2.45, 2.75) is 17.4 Å². The van der Waals surface area contributed by atoms with Crippen LogP contribution in [0.5, 0.6) is 0 Å². The number of urea groups is 1. The third-order valence-corrected chi connectivity index (χ3v) is 7.76. The van der Waals surface area contributed by atoms with Crippen LogP contribution in [0.25, 0.3) is 0 Å². The van der Waals surface area contributed by atoms with E-state index in [4.69, 9.17) is 0 Å². The molecule has 174 valence electrons. The van der Waals surface area contributed by atoms with Crippen LogP contribution in [0.4, 0.5) is 19.3 Å². The Morgan fingerprint density at radius 3 is 2.50 bits per heavy atom. The standard InChI is InChI=1S/C24H19F2N3O4S/c25-17-6-8-19(20(26)13-17)23(30)28-11-10-16-12-18(7-9-22(16)28)34(32,33)29-14-21(27-24(29)31)15-4-2-1-3-5-15/h1-9,12-13,21H,10-11,14H2,(H,27,31). The lowest BCUT2D eigenvalue weighted by molar-refractivity contribution is 0.0985. The van der Waals surface area contributed by atoms with Gasteiger partial charge in [0.15, 0.2) is 0 Å². The Hall–Kier alpha value is -3.79. The van der Waals surface area contributed by atoms with Gasteiger partial charge in [-0.25, -0.2) is 26.3 Å². The number of rotatable bonds is 4. The Morgan fingerprint density at radius 1 is 1.00 bits per heavy atom. The zero-order valence-electron chi connectivity index (χ0n) is 17.7.